The molecule has 1 aromatic carbocycles. The quantitative estimate of drug-likeness (QED) is 0.864. The van der Waals surface area contributed by atoms with Crippen LogP contribution in [0.3, 0.4) is 0 Å². The molecule has 1 unspecified atom stereocenters. The molecule has 2 N–H and O–H groups in total. The van der Waals surface area contributed by atoms with Crippen molar-refractivity contribution < 1.29 is 23.8 Å². The molecule has 1 saturated carbocycles. The van der Waals surface area contributed by atoms with Gasteiger partial charge in [0.15, 0.2) is 17.6 Å². The van der Waals surface area contributed by atoms with Crippen LogP contribution in [-0.2, 0) is 9.59 Å². The molecule has 0 heterocycles. The summed E-state index contributed by atoms with van der Waals surface area (Å²) in [7, 11) is 1.32. The van der Waals surface area contributed by atoms with E-state index in [0.717, 1.165) is 25.3 Å². The highest BCUT2D eigenvalue weighted by atomic mass is 19.1. The molecule has 0 aromatic heterocycles. The van der Waals surface area contributed by atoms with Crippen molar-refractivity contribution in [3.63, 3.8) is 0 Å². The standard InChI is InChI=1S/C14H16FNO4/c1-20-11-6-5-9(7-10(11)15)12(14(18)19)16-13(17)8-3-2-4-8/h5-8,12H,2-4H2,1H3,(H,16,17)(H,18,19). The lowest BCUT2D eigenvalue weighted by molar-refractivity contribution is -0.143. The molecule has 1 aliphatic carbocycles. The van der Waals surface area contributed by atoms with Gasteiger partial charge in [-0.15, -0.1) is 0 Å². The molecule has 1 amide bonds. The lowest BCUT2D eigenvalue weighted by atomic mass is 9.84. The van der Waals surface area contributed by atoms with Gasteiger partial charge in [0.1, 0.15) is 0 Å². The van der Waals surface area contributed by atoms with E-state index in [-0.39, 0.29) is 23.1 Å². The van der Waals surface area contributed by atoms with Crippen molar-refractivity contribution >= 4 is 11.9 Å². The maximum atomic E-state index is 13.6. The van der Waals surface area contributed by atoms with Crippen LogP contribution in [0.1, 0.15) is 30.9 Å². The minimum atomic E-state index is -1.25. The van der Waals surface area contributed by atoms with Crippen molar-refractivity contribution in [2.24, 2.45) is 5.92 Å². The third-order valence-electron chi connectivity index (χ3n) is 3.52. The summed E-state index contributed by atoms with van der Waals surface area (Å²) in [6.45, 7) is 0. The molecule has 0 spiro atoms. The van der Waals surface area contributed by atoms with Crippen LogP contribution in [0.15, 0.2) is 18.2 Å². The second-order valence-electron chi connectivity index (χ2n) is 4.80. The van der Waals surface area contributed by atoms with Crippen LogP contribution >= 0.6 is 0 Å². The van der Waals surface area contributed by atoms with Crippen molar-refractivity contribution in [3.05, 3.63) is 29.6 Å². The van der Waals surface area contributed by atoms with Crippen molar-refractivity contribution in [1.82, 2.24) is 5.32 Å². The first kappa shape index (κ1) is 14.3. The Balaban J connectivity index is 2.17. The molecule has 2 rings (SSSR count). The summed E-state index contributed by atoms with van der Waals surface area (Å²) in [5.41, 5.74) is 0.184. The minimum Gasteiger partial charge on any atom is -0.494 e. The van der Waals surface area contributed by atoms with Crippen LogP contribution in [0.5, 0.6) is 5.75 Å². The number of halogens is 1. The monoisotopic (exact) mass is 281 g/mol. The molecule has 0 aliphatic heterocycles. The number of benzene rings is 1. The first-order valence-corrected chi connectivity index (χ1v) is 6.39. The Morgan fingerprint density at radius 3 is 2.60 bits per heavy atom. The lowest BCUT2D eigenvalue weighted by Gasteiger charge is -2.26. The predicted molar refractivity (Wildman–Crippen MR) is 68.8 cm³/mol. The van der Waals surface area contributed by atoms with Gasteiger partial charge < -0.3 is 15.2 Å². The Bertz CT molecular complexity index is 528. The number of hydrogen-bond acceptors (Lipinski definition) is 3. The smallest absolute Gasteiger partial charge is 0.330 e. The average Bonchev–Trinajstić information content (AvgIpc) is 2.33. The van der Waals surface area contributed by atoms with Crippen LogP contribution in [0.25, 0.3) is 0 Å². The molecule has 5 nitrogen and oxygen atoms in total. The fourth-order valence-corrected chi connectivity index (χ4v) is 2.08. The third kappa shape index (κ3) is 2.89. The van der Waals surface area contributed by atoms with Gasteiger partial charge in [0.05, 0.1) is 7.11 Å². The molecule has 0 saturated heterocycles. The zero-order chi connectivity index (χ0) is 14.7. The molecule has 1 fully saturated rings. The van der Waals surface area contributed by atoms with E-state index < -0.39 is 17.8 Å². The molecule has 1 aromatic rings. The lowest BCUT2D eigenvalue weighted by Crippen LogP contribution is -2.39. The highest BCUT2D eigenvalue weighted by molar-refractivity contribution is 5.86. The number of methoxy groups -OCH3 is 1. The first-order valence-electron chi connectivity index (χ1n) is 6.39. The Morgan fingerprint density at radius 1 is 1.45 bits per heavy atom. The van der Waals surface area contributed by atoms with E-state index in [2.05, 4.69) is 5.32 Å². The zero-order valence-electron chi connectivity index (χ0n) is 11.1. The maximum Gasteiger partial charge on any atom is 0.330 e. The molecular weight excluding hydrogens is 265 g/mol. The highest BCUT2D eigenvalue weighted by Gasteiger charge is 2.30. The number of ether oxygens (including phenoxy) is 1. The van der Waals surface area contributed by atoms with Crippen LogP contribution in [0.2, 0.25) is 0 Å². The Morgan fingerprint density at radius 2 is 2.15 bits per heavy atom. The number of hydrogen-bond donors (Lipinski definition) is 2. The predicted octanol–water partition coefficient (Wildman–Crippen LogP) is 1.88. The van der Waals surface area contributed by atoms with Crippen molar-refractivity contribution in [3.8, 4) is 5.75 Å². The van der Waals surface area contributed by atoms with E-state index in [9.17, 15) is 19.1 Å². The van der Waals surface area contributed by atoms with Crippen LogP contribution < -0.4 is 10.1 Å². The topological polar surface area (TPSA) is 75.6 Å². The normalized spacial score (nSPS) is 16.1. The van der Waals surface area contributed by atoms with Gasteiger partial charge in [0, 0.05) is 5.92 Å². The Labute approximate surface area is 115 Å². The highest BCUT2D eigenvalue weighted by Crippen LogP contribution is 2.28. The van der Waals surface area contributed by atoms with Gasteiger partial charge in [-0.25, -0.2) is 9.18 Å². The summed E-state index contributed by atoms with van der Waals surface area (Å²) in [6.07, 6.45) is 2.53. The van der Waals surface area contributed by atoms with Gasteiger partial charge in [-0.1, -0.05) is 12.5 Å². The maximum absolute atomic E-state index is 13.6. The number of rotatable bonds is 5. The largest absolute Gasteiger partial charge is 0.494 e. The van der Waals surface area contributed by atoms with Crippen LogP contribution in [0.4, 0.5) is 4.39 Å². The van der Waals surface area contributed by atoms with Gasteiger partial charge in [0.2, 0.25) is 5.91 Å². The molecule has 1 atom stereocenters. The molecule has 1 aliphatic rings. The number of aliphatic carboxylic acids is 1. The van der Waals surface area contributed by atoms with E-state index in [4.69, 9.17) is 4.74 Å². The zero-order valence-corrected chi connectivity index (χ0v) is 11.1. The summed E-state index contributed by atoms with van der Waals surface area (Å²) in [6, 6.07) is 2.60. The van der Waals surface area contributed by atoms with Gasteiger partial charge in [-0.2, -0.15) is 0 Å². The van der Waals surface area contributed by atoms with E-state index in [0.29, 0.717) is 0 Å². The number of carbonyl (C=O) groups excluding carboxylic acids is 1. The van der Waals surface area contributed by atoms with Crippen molar-refractivity contribution in [2.45, 2.75) is 25.3 Å². The van der Waals surface area contributed by atoms with E-state index in [1.165, 1.54) is 19.2 Å². The van der Waals surface area contributed by atoms with Gasteiger partial charge >= 0.3 is 5.97 Å². The second kappa shape index (κ2) is 5.90. The first-order chi connectivity index (χ1) is 9.52. The number of nitrogens with one attached hydrogen (secondary N) is 1. The molecule has 0 bridgehead atoms. The average molecular weight is 281 g/mol. The summed E-state index contributed by atoms with van der Waals surface area (Å²) in [4.78, 5) is 23.1. The molecule has 108 valence electrons. The SMILES string of the molecule is COc1ccc(C(NC(=O)C2CCC2)C(=O)O)cc1F. The minimum absolute atomic E-state index is 0.0307. The van der Waals surface area contributed by atoms with Gasteiger partial charge in [0.25, 0.3) is 0 Å². The van der Waals surface area contributed by atoms with E-state index in [1.54, 1.807) is 0 Å². The summed E-state index contributed by atoms with van der Waals surface area (Å²) < 4.78 is 18.4. The fourth-order valence-electron chi connectivity index (χ4n) is 2.08. The van der Waals surface area contributed by atoms with E-state index >= 15 is 0 Å². The number of carboxylic acid groups (broad SMARTS) is 1. The molecule has 20 heavy (non-hydrogen) atoms. The van der Waals surface area contributed by atoms with Crippen LogP contribution in [0, 0.1) is 11.7 Å². The number of carboxylic acids is 1. The van der Waals surface area contributed by atoms with Crippen LogP contribution in [-0.4, -0.2) is 24.1 Å². The van der Waals surface area contributed by atoms with E-state index in [1.807, 2.05) is 0 Å². The molecule has 6 heteroatoms. The number of carbonyl (C=O) groups is 2. The van der Waals surface area contributed by atoms with Crippen molar-refractivity contribution in [1.29, 1.82) is 0 Å². The summed E-state index contributed by atoms with van der Waals surface area (Å²) >= 11 is 0. The van der Waals surface area contributed by atoms with Gasteiger partial charge in [-0.3, -0.25) is 4.79 Å². The third-order valence-corrected chi connectivity index (χ3v) is 3.52. The fraction of sp³-hybridized carbons (Fsp3) is 0.429. The molecular formula is C14H16FNO4. The van der Waals surface area contributed by atoms with Crippen molar-refractivity contribution in [2.75, 3.05) is 7.11 Å². The second-order valence-corrected chi connectivity index (χ2v) is 4.80. The summed E-state index contributed by atoms with van der Waals surface area (Å²) in [5, 5.41) is 11.7. The summed E-state index contributed by atoms with van der Waals surface area (Å²) in [5.74, 6) is -2.26. The molecule has 0 radical (unpaired) electrons. The Kier molecular flexibility index (Phi) is 4.22. The Hall–Kier alpha value is -2.11. The number of amides is 1. The van der Waals surface area contributed by atoms with Gasteiger partial charge in [-0.05, 0) is 30.5 Å².